The van der Waals surface area contributed by atoms with Crippen molar-refractivity contribution in [1.82, 2.24) is 30.0 Å². The number of halogens is 1. The first-order valence-corrected chi connectivity index (χ1v) is 13.6. The number of benzene rings is 1. The molecule has 1 aromatic carbocycles. The molecule has 1 aliphatic heterocycles. The summed E-state index contributed by atoms with van der Waals surface area (Å²) >= 11 is 0. The molecule has 11 heteroatoms. The van der Waals surface area contributed by atoms with E-state index in [1.54, 1.807) is 67.0 Å². The summed E-state index contributed by atoms with van der Waals surface area (Å²) in [6.45, 7) is 6.98. The fourth-order valence-corrected chi connectivity index (χ4v) is 4.77. The van der Waals surface area contributed by atoms with E-state index in [9.17, 15) is 18.8 Å². The van der Waals surface area contributed by atoms with Gasteiger partial charge in [-0.15, -0.1) is 0 Å². The van der Waals surface area contributed by atoms with Crippen molar-refractivity contribution in [2.24, 2.45) is 7.05 Å². The van der Waals surface area contributed by atoms with Gasteiger partial charge in [0.05, 0.1) is 18.5 Å². The fourth-order valence-electron chi connectivity index (χ4n) is 4.77. The van der Waals surface area contributed by atoms with E-state index in [-0.39, 0.29) is 29.6 Å². The summed E-state index contributed by atoms with van der Waals surface area (Å²) in [5.41, 5.74) is 1.23. The molecule has 1 aromatic heterocycles. The van der Waals surface area contributed by atoms with E-state index in [1.165, 1.54) is 12.1 Å². The Labute approximate surface area is 229 Å². The lowest BCUT2D eigenvalue weighted by atomic mass is 10.1. The zero-order chi connectivity index (χ0) is 28.5. The van der Waals surface area contributed by atoms with Crippen LogP contribution < -0.4 is 10.6 Å². The Hall–Kier alpha value is -3.31. The highest BCUT2D eigenvalue weighted by Gasteiger charge is 2.38. The fraction of sp³-hybridized carbons (Fsp3) is 0.571. The first-order valence-electron chi connectivity index (χ1n) is 13.6. The average Bonchev–Trinajstić information content (AvgIpc) is 3.58. The molecule has 39 heavy (non-hydrogen) atoms. The number of hydrogen-bond donors (Lipinski definition) is 2. The molecule has 0 aliphatic carbocycles. The van der Waals surface area contributed by atoms with Crippen LogP contribution in [-0.2, 0) is 27.8 Å². The number of nitrogens with zero attached hydrogens (tertiary/aromatic N) is 4. The molecule has 214 valence electrons. The lowest BCUT2D eigenvalue weighted by Crippen LogP contribution is -2.58. The van der Waals surface area contributed by atoms with Crippen LogP contribution in [0.15, 0.2) is 36.8 Å². The van der Waals surface area contributed by atoms with E-state index in [4.69, 9.17) is 4.74 Å². The molecule has 3 amide bonds. The standard InChI is InChI=1S/C28H41FN6O4/c1-6-39-20(3)25(32-26(36)19(2)30-4)28(38)35-14-7-8-23(35)16-34(27(37)24-17-33(5)18-31-24)15-13-21-9-11-22(29)12-10-21/h9-12,17-20,23,25,30H,6-8,13-16H2,1-5H3,(H,32,36)/t19-,20+,23-,25-/m0/s1. The summed E-state index contributed by atoms with van der Waals surface area (Å²) < 4.78 is 20.8. The Morgan fingerprint density at radius 2 is 1.95 bits per heavy atom. The molecule has 0 bridgehead atoms. The third-order valence-corrected chi connectivity index (χ3v) is 7.18. The van der Waals surface area contributed by atoms with Gasteiger partial charge in [-0.2, -0.15) is 0 Å². The number of amides is 3. The van der Waals surface area contributed by atoms with E-state index in [0.717, 1.165) is 18.4 Å². The molecule has 0 saturated carbocycles. The molecule has 0 unspecified atom stereocenters. The van der Waals surface area contributed by atoms with Crippen LogP contribution in [-0.4, -0.2) is 94.6 Å². The van der Waals surface area contributed by atoms with Gasteiger partial charge in [0.2, 0.25) is 11.8 Å². The number of aromatic nitrogens is 2. The largest absolute Gasteiger partial charge is 0.376 e. The Balaban J connectivity index is 1.80. The number of imidazole rings is 1. The second kappa shape index (κ2) is 14.2. The van der Waals surface area contributed by atoms with Crippen LogP contribution in [0.25, 0.3) is 0 Å². The van der Waals surface area contributed by atoms with Gasteiger partial charge < -0.3 is 29.7 Å². The van der Waals surface area contributed by atoms with Crippen LogP contribution in [0.3, 0.4) is 0 Å². The van der Waals surface area contributed by atoms with Crippen LogP contribution in [0, 0.1) is 5.82 Å². The molecule has 2 aromatic rings. The molecule has 10 nitrogen and oxygen atoms in total. The number of likely N-dealkylation sites (tertiary alicyclic amines) is 1. The van der Waals surface area contributed by atoms with Crippen molar-refractivity contribution in [3.8, 4) is 0 Å². The van der Waals surface area contributed by atoms with Crippen LogP contribution in [0.5, 0.6) is 0 Å². The number of carbonyl (C=O) groups excluding carboxylic acids is 3. The second-order valence-electron chi connectivity index (χ2n) is 10.0. The van der Waals surface area contributed by atoms with Crippen molar-refractivity contribution < 1.29 is 23.5 Å². The number of rotatable bonds is 13. The molecular weight excluding hydrogens is 503 g/mol. The summed E-state index contributed by atoms with van der Waals surface area (Å²) in [5.74, 6) is -1.05. The predicted molar refractivity (Wildman–Crippen MR) is 145 cm³/mol. The molecule has 0 spiro atoms. The van der Waals surface area contributed by atoms with Gasteiger partial charge in [0, 0.05) is 45.5 Å². The summed E-state index contributed by atoms with van der Waals surface area (Å²) in [6, 6.07) is 4.67. The highest BCUT2D eigenvalue weighted by Crippen LogP contribution is 2.22. The molecule has 1 aliphatic rings. The SMILES string of the molecule is CCO[C@H](C)[C@H](NC(=O)[C@H](C)NC)C(=O)N1CCC[C@H]1CN(CCc1ccc(F)cc1)C(=O)c1cn(C)cn1. The minimum absolute atomic E-state index is 0.223. The maximum atomic E-state index is 13.8. The predicted octanol–water partition coefficient (Wildman–Crippen LogP) is 1.75. The van der Waals surface area contributed by atoms with E-state index < -0.39 is 18.2 Å². The van der Waals surface area contributed by atoms with Crippen molar-refractivity contribution in [2.45, 2.75) is 64.3 Å². The van der Waals surface area contributed by atoms with Crippen molar-refractivity contribution in [3.05, 3.63) is 53.9 Å². The van der Waals surface area contributed by atoms with Gasteiger partial charge in [0.1, 0.15) is 17.6 Å². The van der Waals surface area contributed by atoms with Crippen LogP contribution >= 0.6 is 0 Å². The summed E-state index contributed by atoms with van der Waals surface area (Å²) in [4.78, 5) is 47.7. The van der Waals surface area contributed by atoms with E-state index in [2.05, 4.69) is 15.6 Å². The molecular formula is C28H41FN6O4. The van der Waals surface area contributed by atoms with E-state index in [0.29, 0.717) is 38.4 Å². The van der Waals surface area contributed by atoms with Gasteiger partial charge in [-0.25, -0.2) is 9.37 Å². The molecule has 0 radical (unpaired) electrons. The minimum atomic E-state index is -0.854. The maximum Gasteiger partial charge on any atom is 0.274 e. The van der Waals surface area contributed by atoms with Crippen molar-refractivity contribution in [3.63, 3.8) is 0 Å². The Bertz CT molecular complexity index is 1110. The summed E-state index contributed by atoms with van der Waals surface area (Å²) in [6.07, 6.45) is 4.76. The van der Waals surface area contributed by atoms with E-state index in [1.807, 2.05) is 6.92 Å². The Morgan fingerprint density at radius 3 is 2.56 bits per heavy atom. The first kappa shape index (κ1) is 30.2. The van der Waals surface area contributed by atoms with Gasteiger partial charge in [-0.1, -0.05) is 12.1 Å². The quantitative estimate of drug-likeness (QED) is 0.398. The van der Waals surface area contributed by atoms with Gasteiger partial charge in [0.25, 0.3) is 5.91 Å². The number of nitrogens with one attached hydrogen (secondary N) is 2. The molecule has 2 heterocycles. The van der Waals surface area contributed by atoms with Gasteiger partial charge in [-0.05, 0) is 64.8 Å². The number of carbonyl (C=O) groups is 3. The van der Waals surface area contributed by atoms with Crippen molar-refractivity contribution in [1.29, 1.82) is 0 Å². The molecule has 3 rings (SSSR count). The van der Waals surface area contributed by atoms with Crippen LogP contribution in [0.2, 0.25) is 0 Å². The van der Waals surface area contributed by atoms with Gasteiger partial charge in [0.15, 0.2) is 0 Å². The zero-order valence-electron chi connectivity index (χ0n) is 23.5. The lowest BCUT2D eigenvalue weighted by molar-refractivity contribution is -0.141. The third-order valence-electron chi connectivity index (χ3n) is 7.18. The van der Waals surface area contributed by atoms with Gasteiger partial charge in [-0.3, -0.25) is 14.4 Å². The second-order valence-corrected chi connectivity index (χ2v) is 10.0. The smallest absolute Gasteiger partial charge is 0.274 e. The van der Waals surface area contributed by atoms with Crippen LogP contribution in [0.4, 0.5) is 4.39 Å². The van der Waals surface area contributed by atoms with E-state index >= 15 is 0 Å². The van der Waals surface area contributed by atoms with Crippen molar-refractivity contribution in [2.75, 3.05) is 33.3 Å². The van der Waals surface area contributed by atoms with Gasteiger partial charge >= 0.3 is 0 Å². The minimum Gasteiger partial charge on any atom is -0.376 e. The highest BCUT2D eigenvalue weighted by molar-refractivity contribution is 5.92. The normalized spacial score (nSPS) is 17.5. The number of hydrogen-bond acceptors (Lipinski definition) is 6. The van der Waals surface area contributed by atoms with Crippen molar-refractivity contribution >= 4 is 17.7 Å². The lowest BCUT2D eigenvalue weighted by Gasteiger charge is -2.34. The Morgan fingerprint density at radius 1 is 1.23 bits per heavy atom. The number of ether oxygens (including phenoxy) is 1. The Kier molecular flexibility index (Phi) is 11.0. The monoisotopic (exact) mass is 544 g/mol. The third kappa shape index (κ3) is 8.09. The number of likely N-dealkylation sites (N-methyl/N-ethyl adjacent to an activating group) is 1. The highest BCUT2D eigenvalue weighted by atomic mass is 19.1. The number of aryl methyl sites for hydroxylation is 1. The molecule has 1 fully saturated rings. The average molecular weight is 545 g/mol. The van der Waals surface area contributed by atoms with Crippen LogP contribution in [0.1, 0.15) is 49.7 Å². The summed E-state index contributed by atoms with van der Waals surface area (Å²) in [7, 11) is 3.48. The topological polar surface area (TPSA) is 109 Å². The molecule has 4 atom stereocenters. The molecule has 1 saturated heterocycles. The zero-order valence-corrected chi connectivity index (χ0v) is 23.5. The summed E-state index contributed by atoms with van der Waals surface area (Å²) in [5, 5.41) is 5.76. The molecule has 2 N–H and O–H groups in total. The first-order chi connectivity index (χ1) is 18.6. The maximum absolute atomic E-state index is 13.8.